The Bertz CT molecular complexity index is 497. The second-order valence-corrected chi connectivity index (χ2v) is 4.64. The molecule has 18 heavy (non-hydrogen) atoms. The Morgan fingerprint density at radius 2 is 2.00 bits per heavy atom. The van der Waals surface area contributed by atoms with E-state index < -0.39 is 5.97 Å². The fraction of sp³-hybridized carbons (Fsp3) is 0.385. The van der Waals surface area contributed by atoms with E-state index in [1.165, 1.54) is 4.90 Å². The smallest absolute Gasteiger partial charge is 0.335 e. The molecule has 0 radical (unpaired) electrons. The lowest BCUT2D eigenvalue weighted by atomic mass is 9.97. The molecule has 1 aromatic carbocycles. The molecule has 0 bridgehead atoms. The van der Waals surface area contributed by atoms with Gasteiger partial charge in [-0.1, -0.05) is 6.07 Å². The monoisotopic (exact) mass is 248 g/mol. The van der Waals surface area contributed by atoms with Gasteiger partial charge in [0, 0.05) is 27.2 Å². The Hall–Kier alpha value is -2.04. The van der Waals surface area contributed by atoms with Crippen molar-refractivity contribution in [2.45, 2.75) is 13.0 Å². The molecular formula is C13H16N2O3. The first kappa shape index (κ1) is 12.4. The molecule has 1 N–H and O–H groups in total. The molecule has 2 amide bonds. The van der Waals surface area contributed by atoms with E-state index in [9.17, 15) is 9.59 Å². The molecule has 0 saturated carbocycles. The highest BCUT2D eigenvalue weighted by Gasteiger charge is 2.22. The largest absolute Gasteiger partial charge is 0.478 e. The number of carboxylic acids is 1. The third kappa shape index (κ3) is 2.30. The first-order valence-electron chi connectivity index (χ1n) is 5.80. The van der Waals surface area contributed by atoms with Crippen molar-refractivity contribution in [3.8, 4) is 0 Å². The standard InChI is InChI=1S/C13H16N2O3/c1-14(2)13(18)15-6-5-9-3-4-10(12(16)17)7-11(9)8-15/h3-4,7H,5-6,8H2,1-2H3,(H,16,17). The zero-order valence-corrected chi connectivity index (χ0v) is 10.5. The van der Waals surface area contributed by atoms with Gasteiger partial charge in [0.05, 0.1) is 5.56 Å². The van der Waals surface area contributed by atoms with E-state index in [0.29, 0.717) is 13.1 Å². The number of nitrogens with zero attached hydrogens (tertiary/aromatic N) is 2. The summed E-state index contributed by atoms with van der Waals surface area (Å²) in [6.07, 6.45) is 0.773. The summed E-state index contributed by atoms with van der Waals surface area (Å²) in [4.78, 5) is 26.0. The van der Waals surface area contributed by atoms with E-state index in [4.69, 9.17) is 5.11 Å². The molecule has 1 aliphatic heterocycles. The van der Waals surface area contributed by atoms with Gasteiger partial charge in [-0.05, 0) is 29.7 Å². The zero-order chi connectivity index (χ0) is 13.3. The van der Waals surface area contributed by atoms with Crippen molar-refractivity contribution in [2.24, 2.45) is 0 Å². The van der Waals surface area contributed by atoms with Gasteiger partial charge in [-0.2, -0.15) is 0 Å². The number of hydrogen-bond donors (Lipinski definition) is 1. The van der Waals surface area contributed by atoms with Crippen LogP contribution in [0.5, 0.6) is 0 Å². The molecule has 0 fully saturated rings. The predicted octanol–water partition coefficient (Wildman–Crippen LogP) is 1.42. The summed E-state index contributed by atoms with van der Waals surface area (Å²) >= 11 is 0. The number of hydrogen-bond acceptors (Lipinski definition) is 2. The summed E-state index contributed by atoms with van der Waals surface area (Å²) in [5, 5.41) is 8.96. The molecule has 1 heterocycles. The first-order chi connectivity index (χ1) is 8.49. The Labute approximate surface area is 106 Å². The van der Waals surface area contributed by atoms with E-state index in [-0.39, 0.29) is 11.6 Å². The van der Waals surface area contributed by atoms with Crippen molar-refractivity contribution in [2.75, 3.05) is 20.6 Å². The number of aromatic carboxylic acids is 1. The summed E-state index contributed by atoms with van der Waals surface area (Å²) in [7, 11) is 3.43. The molecule has 5 heteroatoms. The normalized spacial score (nSPS) is 14.0. The van der Waals surface area contributed by atoms with Crippen LogP contribution in [0.25, 0.3) is 0 Å². The van der Waals surface area contributed by atoms with Crippen molar-refractivity contribution < 1.29 is 14.7 Å². The quantitative estimate of drug-likeness (QED) is 0.817. The summed E-state index contributed by atoms with van der Waals surface area (Å²) in [5.74, 6) is -0.936. The van der Waals surface area contributed by atoms with Crippen molar-refractivity contribution >= 4 is 12.0 Å². The highest BCUT2D eigenvalue weighted by Crippen LogP contribution is 2.21. The second-order valence-electron chi connectivity index (χ2n) is 4.64. The van der Waals surface area contributed by atoms with Crippen molar-refractivity contribution in [1.82, 2.24) is 9.80 Å². The van der Waals surface area contributed by atoms with Gasteiger partial charge in [-0.25, -0.2) is 9.59 Å². The Kier molecular flexibility index (Phi) is 3.23. The molecule has 0 aromatic heterocycles. The molecule has 0 unspecified atom stereocenters. The van der Waals surface area contributed by atoms with Crippen LogP contribution in [0, 0.1) is 0 Å². The maximum absolute atomic E-state index is 11.9. The lowest BCUT2D eigenvalue weighted by Gasteiger charge is -2.31. The van der Waals surface area contributed by atoms with Gasteiger partial charge in [0.1, 0.15) is 0 Å². The highest BCUT2D eigenvalue weighted by molar-refractivity contribution is 5.88. The highest BCUT2D eigenvalue weighted by atomic mass is 16.4. The molecule has 0 aliphatic carbocycles. The summed E-state index contributed by atoms with van der Waals surface area (Å²) < 4.78 is 0. The molecule has 0 spiro atoms. The fourth-order valence-corrected chi connectivity index (χ4v) is 2.14. The average Bonchev–Trinajstić information content (AvgIpc) is 2.36. The minimum Gasteiger partial charge on any atom is -0.478 e. The predicted molar refractivity (Wildman–Crippen MR) is 66.6 cm³/mol. The summed E-state index contributed by atoms with van der Waals surface area (Å²) in [5.41, 5.74) is 2.33. The third-order valence-corrected chi connectivity index (χ3v) is 3.12. The molecule has 0 saturated heterocycles. The Morgan fingerprint density at radius 3 is 2.61 bits per heavy atom. The topological polar surface area (TPSA) is 60.9 Å². The molecule has 2 rings (SSSR count). The number of urea groups is 1. The van der Waals surface area contributed by atoms with Crippen LogP contribution >= 0.6 is 0 Å². The number of carboxylic acid groups (broad SMARTS) is 1. The Morgan fingerprint density at radius 1 is 1.28 bits per heavy atom. The fourth-order valence-electron chi connectivity index (χ4n) is 2.14. The van der Waals surface area contributed by atoms with Gasteiger partial charge in [0.15, 0.2) is 0 Å². The minimum atomic E-state index is -0.936. The number of amides is 2. The van der Waals surface area contributed by atoms with Crippen LogP contribution < -0.4 is 0 Å². The number of carbonyl (C=O) groups is 2. The Balaban J connectivity index is 2.24. The van der Waals surface area contributed by atoms with Crippen LogP contribution in [0.2, 0.25) is 0 Å². The van der Waals surface area contributed by atoms with Crippen LogP contribution in [-0.4, -0.2) is 47.5 Å². The molecule has 5 nitrogen and oxygen atoms in total. The molecule has 96 valence electrons. The molecule has 0 atom stereocenters. The van der Waals surface area contributed by atoms with Gasteiger partial charge in [0.25, 0.3) is 0 Å². The van der Waals surface area contributed by atoms with E-state index in [0.717, 1.165) is 17.5 Å². The van der Waals surface area contributed by atoms with Crippen LogP contribution in [0.3, 0.4) is 0 Å². The van der Waals surface area contributed by atoms with E-state index in [1.54, 1.807) is 31.1 Å². The number of benzene rings is 1. The van der Waals surface area contributed by atoms with E-state index in [1.807, 2.05) is 6.07 Å². The maximum Gasteiger partial charge on any atom is 0.335 e. The first-order valence-corrected chi connectivity index (χ1v) is 5.80. The van der Waals surface area contributed by atoms with Crippen molar-refractivity contribution in [3.63, 3.8) is 0 Å². The molecular weight excluding hydrogens is 232 g/mol. The van der Waals surface area contributed by atoms with Crippen molar-refractivity contribution in [3.05, 3.63) is 34.9 Å². The number of rotatable bonds is 1. The van der Waals surface area contributed by atoms with Gasteiger partial charge in [-0.3, -0.25) is 0 Å². The van der Waals surface area contributed by atoms with Crippen LogP contribution in [0.1, 0.15) is 21.5 Å². The SMILES string of the molecule is CN(C)C(=O)N1CCc2ccc(C(=O)O)cc2C1. The van der Waals surface area contributed by atoms with Gasteiger partial charge in [0.2, 0.25) is 0 Å². The number of fused-ring (bicyclic) bond motifs is 1. The average molecular weight is 248 g/mol. The maximum atomic E-state index is 11.9. The minimum absolute atomic E-state index is 0.0404. The second kappa shape index (κ2) is 4.68. The number of carbonyl (C=O) groups excluding carboxylic acids is 1. The van der Waals surface area contributed by atoms with Gasteiger partial charge in [-0.15, -0.1) is 0 Å². The van der Waals surface area contributed by atoms with E-state index >= 15 is 0 Å². The van der Waals surface area contributed by atoms with Crippen LogP contribution in [0.4, 0.5) is 4.79 Å². The summed E-state index contributed by atoms with van der Waals surface area (Å²) in [6.45, 7) is 1.16. The third-order valence-electron chi connectivity index (χ3n) is 3.12. The van der Waals surface area contributed by atoms with E-state index in [2.05, 4.69) is 0 Å². The lowest BCUT2D eigenvalue weighted by molar-refractivity contribution is 0.0696. The molecule has 1 aromatic rings. The molecule has 1 aliphatic rings. The summed E-state index contributed by atoms with van der Waals surface area (Å²) in [6, 6.07) is 5.08. The van der Waals surface area contributed by atoms with Crippen molar-refractivity contribution in [1.29, 1.82) is 0 Å². The van der Waals surface area contributed by atoms with Crippen LogP contribution in [0.15, 0.2) is 18.2 Å². The zero-order valence-electron chi connectivity index (χ0n) is 10.5. The van der Waals surface area contributed by atoms with Crippen LogP contribution in [-0.2, 0) is 13.0 Å². The van der Waals surface area contributed by atoms with Gasteiger partial charge >= 0.3 is 12.0 Å². The lowest BCUT2D eigenvalue weighted by Crippen LogP contribution is -2.42. The van der Waals surface area contributed by atoms with Gasteiger partial charge < -0.3 is 14.9 Å².